The molecule has 1 amide bonds. The second-order valence-electron chi connectivity index (χ2n) is 6.93. The number of hydrogen-bond donors (Lipinski definition) is 3. The van der Waals surface area contributed by atoms with E-state index in [1.165, 1.54) is 4.52 Å². The minimum atomic E-state index is -0.278. The minimum Gasteiger partial charge on any atom is -0.351 e. The predicted molar refractivity (Wildman–Crippen MR) is 118 cm³/mol. The molecule has 0 atom stereocenters. The van der Waals surface area contributed by atoms with Crippen molar-refractivity contribution < 1.29 is 4.79 Å². The number of halogens is 1. The smallest absolute Gasteiger partial charge is 0.277 e. The molecular formula is C21H20ClN7O2. The number of hydrogen-bond acceptors (Lipinski definition) is 6. The van der Waals surface area contributed by atoms with Crippen LogP contribution >= 0.6 is 11.6 Å². The lowest BCUT2D eigenvalue weighted by atomic mass is 10.1. The quantitative estimate of drug-likeness (QED) is 0.409. The molecule has 4 rings (SSSR count). The molecule has 0 aliphatic heterocycles. The zero-order chi connectivity index (χ0) is 21.8. The highest BCUT2D eigenvalue weighted by molar-refractivity contribution is 6.30. The van der Waals surface area contributed by atoms with Gasteiger partial charge in [-0.25, -0.2) is 9.97 Å². The topological polar surface area (TPSA) is 117 Å². The molecule has 0 unspecified atom stereocenters. The van der Waals surface area contributed by atoms with Gasteiger partial charge < -0.3 is 10.6 Å². The number of aryl methyl sites for hydroxylation is 1. The first-order valence-corrected chi connectivity index (χ1v) is 10.0. The Morgan fingerprint density at radius 1 is 1.16 bits per heavy atom. The van der Waals surface area contributed by atoms with Crippen LogP contribution in [0.3, 0.4) is 0 Å². The number of H-pyrrole nitrogens is 1. The van der Waals surface area contributed by atoms with Crippen molar-refractivity contribution >= 4 is 35.1 Å². The number of pyridine rings is 1. The lowest BCUT2D eigenvalue weighted by Crippen LogP contribution is -2.23. The summed E-state index contributed by atoms with van der Waals surface area (Å²) in [6.45, 7) is 2.24. The van der Waals surface area contributed by atoms with E-state index in [0.717, 1.165) is 5.56 Å². The SMILES string of the molecule is Cc1nc2nc(NCc3ccc(Cl)cc3)[nH]n2c(=O)c1CCC(=O)Nc1ccccn1. The van der Waals surface area contributed by atoms with Crippen LogP contribution in [-0.2, 0) is 17.8 Å². The number of anilines is 2. The van der Waals surface area contributed by atoms with Crippen molar-refractivity contribution in [1.82, 2.24) is 24.6 Å². The summed E-state index contributed by atoms with van der Waals surface area (Å²) in [5.41, 5.74) is 1.74. The van der Waals surface area contributed by atoms with Crippen molar-refractivity contribution in [3.63, 3.8) is 0 Å². The van der Waals surface area contributed by atoms with Gasteiger partial charge >= 0.3 is 0 Å². The third-order valence-electron chi connectivity index (χ3n) is 4.70. The molecule has 0 spiro atoms. The van der Waals surface area contributed by atoms with Crippen molar-refractivity contribution in [3.8, 4) is 0 Å². The van der Waals surface area contributed by atoms with Gasteiger partial charge in [0, 0.05) is 29.7 Å². The lowest BCUT2D eigenvalue weighted by Gasteiger charge is -2.06. The van der Waals surface area contributed by atoms with E-state index >= 15 is 0 Å². The Kier molecular flexibility index (Phi) is 5.94. The average Bonchev–Trinajstić information content (AvgIpc) is 3.17. The summed E-state index contributed by atoms with van der Waals surface area (Å²) < 4.78 is 1.28. The van der Waals surface area contributed by atoms with Crippen LogP contribution in [0.2, 0.25) is 5.02 Å². The maximum absolute atomic E-state index is 12.9. The van der Waals surface area contributed by atoms with E-state index in [4.69, 9.17) is 11.6 Å². The monoisotopic (exact) mass is 437 g/mol. The molecule has 31 heavy (non-hydrogen) atoms. The van der Waals surface area contributed by atoms with Gasteiger partial charge in [0.2, 0.25) is 11.9 Å². The summed E-state index contributed by atoms with van der Waals surface area (Å²) in [6, 6.07) is 12.7. The highest BCUT2D eigenvalue weighted by Crippen LogP contribution is 2.12. The van der Waals surface area contributed by atoms with E-state index in [1.54, 1.807) is 31.3 Å². The van der Waals surface area contributed by atoms with Gasteiger partial charge in [-0.15, -0.1) is 0 Å². The van der Waals surface area contributed by atoms with Gasteiger partial charge in [-0.05, 0) is 43.2 Å². The molecule has 3 aromatic heterocycles. The highest BCUT2D eigenvalue weighted by atomic mass is 35.5. The van der Waals surface area contributed by atoms with Crippen LogP contribution in [0.4, 0.5) is 11.8 Å². The van der Waals surface area contributed by atoms with E-state index in [-0.39, 0.29) is 30.1 Å². The average molecular weight is 438 g/mol. The second-order valence-corrected chi connectivity index (χ2v) is 7.37. The van der Waals surface area contributed by atoms with E-state index in [9.17, 15) is 9.59 Å². The Bertz CT molecular complexity index is 1270. The molecule has 3 N–H and O–H groups in total. The molecule has 0 saturated carbocycles. The number of carbonyl (C=O) groups excluding carboxylic acids is 1. The number of benzene rings is 1. The molecule has 1 aromatic carbocycles. The number of aromatic nitrogens is 5. The molecule has 10 heteroatoms. The molecule has 4 aromatic rings. The molecular weight excluding hydrogens is 418 g/mol. The summed E-state index contributed by atoms with van der Waals surface area (Å²) in [7, 11) is 0. The van der Waals surface area contributed by atoms with E-state index in [0.29, 0.717) is 34.6 Å². The number of nitrogens with one attached hydrogen (secondary N) is 3. The van der Waals surface area contributed by atoms with Gasteiger partial charge in [-0.3, -0.25) is 14.7 Å². The number of rotatable bonds is 7. The Balaban J connectivity index is 1.46. The zero-order valence-corrected chi connectivity index (χ0v) is 17.5. The Morgan fingerprint density at radius 3 is 2.71 bits per heavy atom. The maximum Gasteiger partial charge on any atom is 0.277 e. The summed E-state index contributed by atoms with van der Waals surface area (Å²) in [5, 5.41) is 9.43. The molecule has 3 heterocycles. The molecule has 158 valence electrons. The fourth-order valence-electron chi connectivity index (χ4n) is 3.09. The Labute approximate surface area is 182 Å². The molecule has 0 radical (unpaired) electrons. The standard InChI is InChI=1S/C21H20ClN7O2/c1-13-16(9-10-18(30)26-17-4-2-3-11-23-17)19(31)29-21(25-13)27-20(28-29)24-12-14-5-7-15(22)8-6-14/h2-8,11H,9-10,12H2,1H3,(H,23,26,30)(H2,24,25,27,28). The van der Waals surface area contributed by atoms with E-state index < -0.39 is 0 Å². The van der Waals surface area contributed by atoms with Crippen molar-refractivity contribution in [2.75, 3.05) is 10.6 Å². The minimum absolute atomic E-state index is 0.135. The molecule has 0 bridgehead atoms. The summed E-state index contributed by atoms with van der Waals surface area (Å²) in [5.74, 6) is 0.934. The van der Waals surface area contributed by atoms with E-state index in [1.807, 2.05) is 24.3 Å². The largest absolute Gasteiger partial charge is 0.351 e. The predicted octanol–water partition coefficient (Wildman–Crippen LogP) is 2.96. The van der Waals surface area contributed by atoms with Crippen LogP contribution in [0.15, 0.2) is 53.5 Å². The van der Waals surface area contributed by atoms with E-state index in [2.05, 4.69) is 30.7 Å². The molecule has 0 aliphatic carbocycles. The van der Waals surface area contributed by atoms with Gasteiger partial charge in [0.1, 0.15) is 5.82 Å². The van der Waals surface area contributed by atoms with Crippen LogP contribution in [0.1, 0.15) is 23.2 Å². The zero-order valence-electron chi connectivity index (χ0n) is 16.7. The molecule has 0 fully saturated rings. The van der Waals surface area contributed by atoms with Crippen molar-refractivity contribution in [2.24, 2.45) is 0 Å². The van der Waals surface area contributed by atoms with Gasteiger partial charge in [0.05, 0.1) is 5.69 Å². The summed E-state index contributed by atoms with van der Waals surface area (Å²) in [4.78, 5) is 37.9. The number of carbonyl (C=O) groups is 1. The number of aromatic amines is 1. The number of amides is 1. The number of fused-ring (bicyclic) bond motifs is 1. The van der Waals surface area contributed by atoms with Crippen LogP contribution in [0.5, 0.6) is 0 Å². The van der Waals surface area contributed by atoms with Gasteiger partial charge in [0.15, 0.2) is 0 Å². The molecule has 0 saturated heterocycles. The first-order chi connectivity index (χ1) is 15.0. The third kappa shape index (κ3) is 4.89. The first kappa shape index (κ1) is 20.5. The first-order valence-electron chi connectivity index (χ1n) is 9.67. The van der Waals surface area contributed by atoms with Gasteiger partial charge in [0.25, 0.3) is 11.3 Å². The lowest BCUT2D eigenvalue weighted by molar-refractivity contribution is -0.116. The Hall–Kier alpha value is -3.72. The van der Waals surface area contributed by atoms with Crippen LogP contribution in [0, 0.1) is 6.92 Å². The normalized spacial score (nSPS) is 10.9. The van der Waals surface area contributed by atoms with Crippen LogP contribution in [-0.4, -0.2) is 30.5 Å². The number of nitrogens with zero attached hydrogens (tertiary/aromatic N) is 4. The summed E-state index contributed by atoms with van der Waals surface area (Å²) in [6.07, 6.45) is 1.99. The Morgan fingerprint density at radius 2 is 1.97 bits per heavy atom. The van der Waals surface area contributed by atoms with Crippen LogP contribution < -0.4 is 16.2 Å². The van der Waals surface area contributed by atoms with Crippen molar-refractivity contribution in [1.29, 1.82) is 0 Å². The van der Waals surface area contributed by atoms with Crippen LogP contribution in [0.25, 0.3) is 5.78 Å². The van der Waals surface area contributed by atoms with Gasteiger partial charge in [-0.1, -0.05) is 29.8 Å². The summed E-state index contributed by atoms with van der Waals surface area (Å²) >= 11 is 5.90. The fourth-order valence-corrected chi connectivity index (χ4v) is 3.22. The fraction of sp³-hybridized carbons (Fsp3) is 0.190. The highest BCUT2D eigenvalue weighted by Gasteiger charge is 2.15. The molecule has 9 nitrogen and oxygen atoms in total. The molecule has 0 aliphatic rings. The second kappa shape index (κ2) is 8.97. The maximum atomic E-state index is 12.9. The third-order valence-corrected chi connectivity index (χ3v) is 4.95. The van der Waals surface area contributed by atoms with Gasteiger partial charge in [-0.2, -0.15) is 9.50 Å². The van der Waals surface area contributed by atoms with Crippen molar-refractivity contribution in [2.45, 2.75) is 26.3 Å². The van der Waals surface area contributed by atoms with Crippen molar-refractivity contribution in [3.05, 3.63) is 80.9 Å².